The molecule has 0 aliphatic carbocycles. The van der Waals surface area contributed by atoms with Gasteiger partial charge in [-0.15, -0.1) is 0 Å². The van der Waals surface area contributed by atoms with Crippen LogP contribution in [0.15, 0.2) is 29.1 Å². The second kappa shape index (κ2) is 7.41. The van der Waals surface area contributed by atoms with E-state index in [0.29, 0.717) is 44.9 Å². The monoisotopic (exact) mass is 476 g/mol. The Morgan fingerprint density at radius 2 is 2.03 bits per heavy atom. The minimum atomic E-state index is -1.89. The van der Waals surface area contributed by atoms with Gasteiger partial charge in [0.1, 0.15) is 18.1 Å². The van der Waals surface area contributed by atoms with E-state index >= 15 is 0 Å². The zero-order valence-corrected chi connectivity index (χ0v) is 18.9. The Hall–Kier alpha value is -4.18. The number of benzene rings is 1. The van der Waals surface area contributed by atoms with E-state index in [0.717, 1.165) is 0 Å². The molecule has 178 valence electrons. The fourth-order valence-corrected chi connectivity index (χ4v) is 4.94. The lowest BCUT2D eigenvalue weighted by molar-refractivity contribution is -0.172. The number of nitrogens with zero attached hydrogens (tertiary/aromatic N) is 2. The standard InChI is InChI=1S/C25H20N2O8/c1-3-25(31)15-8-17-20-13(9-27(17)23(29)14(15)10-33-24(25)30)22-19-16(26-20)6-4-12(5-7-18(28)32-2)21(19)34-11-35-22/h4-8,31H,3,9-11H2,1-2H3/b7-5+/t25-/m0/s1. The molecule has 2 aromatic heterocycles. The van der Waals surface area contributed by atoms with Crippen LogP contribution in [0.4, 0.5) is 0 Å². The number of hydrogen-bond donors (Lipinski definition) is 1. The molecule has 10 nitrogen and oxygen atoms in total. The average molecular weight is 476 g/mol. The van der Waals surface area contributed by atoms with Crippen LogP contribution in [0.5, 0.6) is 11.5 Å². The van der Waals surface area contributed by atoms with E-state index in [2.05, 4.69) is 4.74 Å². The van der Waals surface area contributed by atoms with Gasteiger partial charge in [0.2, 0.25) is 6.79 Å². The number of pyridine rings is 2. The molecule has 5 heterocycles. The average Bonchev–Trinajstić information content (AvgIpc) is 3.25. The third kappa shape index (κ3) is 2.86. The maximum atomic E-state index is 13.4. The molecule has 0 amide bonds. The number of methoxy groups -OCH3 is 1. The molecule has 1 N–H and O–H groups in total. The van der Waals surface area contributed by atoms with E-state index in [9.17, 15) is 19.5 Å². The van der Waals surface area contributed by atoms with Crippen LogP contribution in [0, 0.1) is 0 Å². The summed E-state index contributed by atoms with van der Waals surface area (Å²) >= 11 is 0. The molecule has 10 heteroatoms. The molecule has 0 spiro atoms. The first-order valence-electron chi connectivity index (χ1n) is 11.1. The molecule has 3 aliphatic heterocycles. The number of ether oxygens (including phenoxy) is 4. The fourth-order valence-electron chi connectivity index (χ4n) is 4.94. The highest BCUT2D eigenvalue weighted by Gasteiger charge is 2.45. The van der Waals surface area contributed by atoms with Crippen molar-refractivity contribution < 1.29 is 33.6 Å². The topological polar surface area (TPSA) is 126 Å². The number of aromatic nitrogens is 2. The Morgan fingerprint density at radius 1 is 1.23 bits per heavy atom. The summed E-state index contributed by atoms with van der Waals surface area (Å²) in [4.78, 5) is 42.1. The molecule has 0 radical (unpaired) electrons. The first-order chi connectivity index (χ1) is 16.9. The van der Waals surface area contributed by atoms with E-state index in [1.807, 2.05) is 0 Å². The van der Waals surface area contributed by atoms with E-state index in [-0.39, 0.29) is 43.1 Å². The van der Waals surface area contributed by atoms with Crippen LogP contribution in [-0.2, 0) is 37.8 Å². The number of aliphatic hydroxyl groups is 1. The summed E-state index contributed by atoms with van der Waals surface area (Å²) in [5, 5.41) is 11.7. The minimum Gasteiger partial charge on any atom is -0.466 e. The van der Waals surface area contributed by atoms with E-state index in [1.165, 1.54) is 13.2 Å². The van der Waals surface area contributed by atoms with Crippen LogP contribution in [-0.4, -0.2) is 40.5 Å². The number of esters is 2. The van der Waals surface area contributed by atoms with Crippen molar-refractivity contribution in [3.8, 4) is 22.9 Å². The highest BCUT2D eigenvalue weighted by Crippen LogP contribution is 2.47. The molecule has 35 heavy (non-hydrogen) atoms. The van der Waals surface area contributed by atoms with Gasteiger partial charge in [0.25, 0.3) is 5.56 Å². The van der Waals surface area contributed by atoms with Crippen molar-refractivity contribution in [3.05, 3.63) is 56.9 Å². The molecule has 0 fully saturated rings. The molecule has 6 rings (SSSR count). The summed E-state index contributed by atoms with van der Waals surface area (Å²) < 4.78 is 23.0. The van der Waals surface area contributed by atoms with Gasteiger partial charge in [0, 0.05) is 22.8 Å². The second-order valence-electron chi connectivity index (χ2n) is 8.51. The highest BCUT2D eigenvalue weighted by atomic mass is 16.7. The molecule has 3 aromatic rings. The quantitative estimate of drug-likeness (QED) is 0.349. The van der Waals surface area contributed by atoms with Crippen molar-refractivity contribution in [1.29, 1.82) is 0 Å². The summed E-state index contributed by atoms with van der Waals surface area (Å²) in [6, 6.07) is 5.20. The highest BCUT2D eigenvalue weighted by molar-refractivity contribution is 5.99. The molecular formula is C25H20N2O8. The zero-order valence-electron chi connectivity index (χ0n) is 18.9. The molecule has 0 saturated heterocycles. The van der Waals surface area contributed by atoms with E-state index in [1.54, 1.807) is 35.8 Å². The number of hydrogen-bond acceptors (Lipinski definition) is 9. The summed E-state index contributed by atoms with van der Waals surface area (Å²) in [6.45, 7) is 1.61. The van der Waals surface area contributed by atoms with Crippen LogP contribution >= 0.6 is 0 Å². The Balaban J connectivity index is 1.58. The Morgan fingerprint density at radius 3 is 2.80 bits per heavy atom. The van der Waals surface area contributed by atoms with Crippen LogP contribution < -0.4 is 15.0 Å². The van der Waals surface area contributed by atoms with Gasteiger partial charge in [-0.2, -0.15) is 0 Å². The third-order valence-electron chi connectivity index (χ3n) is 6.79. The lowest BCUT2D eigenvalue weighted by atomic mass is 9.86. The SMILES string of the molecule is CC[C@@]1(O)C(=O)OCc2c1cc1n(c2=O)Cc2c-1nc1ccc(/C=C/C(=O)OC)c3c1c2OCO3. The Labute approximate surface area is 198 Å². The first kappa shape index (κ1) is 21.4. The summed E-state index contributed by atoms with van der Waals surface area (Å²) in [7, 11) is 1.30. The smallest absolute Gasteiger partial charge is 0.343 e. The van der Waals surface area contributed by atoms with Gasteiger partial charge in [0.15, 0.2) is 5.60 Å². The van der Waals surface area contributed by atoms with Gasteiger partial charge in [-0.25, -0.2) is 14.6 Å². The lowest BCUT2D eigenvalue weighted by Gasteiger charge is -2.31. The second-order valence-corrected chi connectivity index (χ2v) is 8.51. The van der Waals surface area contributed by atoms with Gasteiger partial charge in [-0.05, 0) is 30.7 Å². The van der Waals surface area contributed by atoms with Crippen molar-refractivity contribution in [2.75, 3.05) is 13.9 Å². The Kier molecular flexibility index (Phi) is 4.52. The zero-order chi connectivity index (χ0) is 24.5. The van der Waals surface area contributed by atoms with Crippen LogP contribution in [0.1, 0.15) is 35.6 Å². The summed E-state index contributed by atoms with van der Waals surface area (Å²) in [5.41, 5.74) is 1.23. The first-order valence-corrected chi connectivity index (χ1v) is 11.1. The summed E-state index contributed by atoms with van der Waals surface area (Å²) in [6.07, 6.45) is 2.96. The van der Waals surface area contributed by atoms with Crippen LogP contribution in [0.3, 0.4) is 0 Å². The number of rotatable bonds is 3. The van der Waals surface area contributed by atoms with Crippen LogP contribution in [0.25, 0.3) is 28.4 Å². The van der Waals surface area contributed by atoms with Crippen molar-refractivity contribution >= 4 is 28.9 Å². The van der Waals surface area contributed by atoms with E-state index in [4.69, 9.17) is 19.2 Å². The van der Waals surface area contributed by atoms with Gasteiger partial charge in [0.05, 0.1) is 41.5 Å². The van der Waals surface area contributed by atoms with Gasteiger partial charge in [-0.1, -0.05) is 6.92 Å². The predicted molar refractivity (Wildman–Crippen MR) is 122 cm³/mol. The van der Waals surface area contributed by atoms with Gasteiger partial charge >= 0.3 is 11.9 Å². The third-order valence-corrected chi connectivity index (χ3v) is 6.79. The maximum absolute atomic E-state index is 13.4. The normalized spacial score (nSPS) is 19.5. The predicted octanol–water partition coefficient (Wildman–Crippen LogP) is 1.99. The number of carbonyl (C=O) groups excluding carboxylic acids is 2. The van der Waals surface area contributed by atoms with Crippen molar-refractivity contribution in [2.24, 2.45) is 0 Å². The lowest BCUT2D eigenvalue weighted by Crippen LogP contribution is -2.44. The molecule has 1 aromatic carbocycles. The maximum Gasteiger partial charge on any atom is 0.343 e. The van der Waals surface area contributed by atoms with Crippen molar-refractivity contribution in [2.45, 2.75) is 32.1 Å². The molecule has 0 unspecified atom stereocenters. The molecular weight excluding hydrogens is 456 g/mol. The fraction of sp³-hybridized carbons (Fsp3) is 0.280. The minimum absolute atomic E-state index is 0.0543. The molecule has 0 saturated carbocycles. The molecule has 3 aliphatic rings. The number of fused-ring (bicyclic) bond motifs is 5. The Bertz CT molecular complexity index is 1550. The van der Waals surface area contributed by atoms with Crippen molar-refractivity contribution in [1.82, 2.24) is 9.55 Å². The molecule has 0 bridgehead atoms. The largest absolute Gasteiger partial charge is 0.466 e. The van der Waals surface area contributed by atoms with Crippen molar-refractivity contribution in [3.63, 3.8) is 0 Å². The van der Waals surface area contributed by atoms with Gasteiger partial charge in [-0.3, -0.25) is 4.79 Å². The molecule has 1 atom stereocenters. The number of cyclic esters (lactones) is 1. The van der Waals surface area contributed by atoms with Crippen LogP contribution in [0.2, 0.25) is 0 Å². The van der Waals surface area contributed by atoms with Gasteiger partial charge < -0.3 is 28.6 Å². The summed E-state index contributed by atoms with van der Waals surface area (Å²) in [5.74, 6) is -0.209. The van der Waals surface area contributed by atoms with E-state index < -0.39 is 17.5 Å². The number of carbonyl (C=O) groups is 2.